The number of hydrogen-bond donors (Lipinski definition) is 0. The van der Waals surface area contributed by atoms with Gasteiger partial charge in [0.25, 0.3) is 11.5 Å². The Morgan fingerprint density at radius 1 is 0.892 bits per heavy atom. The van der Waals surface area contributed by atoms with Crippen molar-refractivity contribution in [2.75, 3.05) is 11.9 Å². The van der Waals surface area contributed by atoms with Gasteiger partial charge in [0.05, 0.1) is 0 Å². The minimum absolute atomic E-state index is 0.0729. The number of rotatable bonds is 4. The first kappa shape index (κ1) is 23.2. The molecule has 182 valence electrons. The maximum atomic E-state index is 13.9. The van der Waals surface area contributed by atoms with Gasteiger partial charge in [-0.05, 0) is 73.2 Å². The van der Waals surface area contributed by atoms with Crippen LogP contribution in [0.4, 0.5) is 5.69 Å². The fourth-order valence-electron chi connectivity index (χ4n) is 5.65. The molecule has 2 aliphatic rings. The summed E-state index contributed by atoms with van der Waals surface area (Å²) >= 11 is 0. The summed E-state index contributed by atoms with van der Waals surface area (Å²) in [5.41, 5.74) is 10.4. The fourth-order valence-corrected chi connectivity index (χ4v) is 5.65. The van der Waals surface area contributed by atoms with E-state index in [2.05, 4.69) is 78.9 Å². The van der Waals surface area contributed by atoms with Crippen LogP contribution in [-0.4, -0.2) is 18.9 Å². The van der Waals surface area contributed by atoms with E-state index in [1.165, 1.54) is 23.2 Å². The van der Waals surface area contributed by atoms with Crippen LogP contribution in [0, 0.1) is 6.92 Å². The number of hydrogen-bond acceptors (Lipinski definition) is 2. The Kier molecular flexibility index (Phi) is 5.84. The number of anilines is 1. The second kappa shape index (κ2) is 9.33. The Morgan fingerprint density at radius 2 is 1.59 bits per heavy atom. The molecule has 0 aliphatic carbocycles. The highest BCUT2D eigenvalue weighted by molar-refractivity contribution is 6.35. The lowest BCUT2D eigenvalue weighted by atomic mass is 9.95. The molecular weight excluding hydrogens is 452 g/mol. The zero-order valence-electron chi connectivity index (χ0n) is 21.6. The summed E-state index contributed by atoms with van der Waals surface area (Å²) in [6, 6.07) is 29.6. The first-order valence-corrected chi connectivity index (χ1v) is 13.0. The number of Topliss-reactive ketones (excluding diaryl/α,β-unsaturated/α-hetero) is 1. The van der Waals surface area contributed by atoms with Gasteiger partial charge >= 0.3 is 0 Å². The summed E-state index contributed by atoms with van der Waals surface area (Å²) in [4.78, 5) is 16.3. The topological polar surface area (TPSA) is 24.2 Å². The number of allylic oxidation sites excluding steroid dienone is 1. The molecule has 0 saturated carbocycles. The van der Waals surface area contributed by atoms with Crippen LogP contribution in [-0.2, 0) is 6.42 Å². The minimum Gasteiger partial charge on any atom is -0.372 e. The van der Waals surface area contributed by atoms with E-state index in [4.69, 9.17) is 0 Å². The molecule has 3 aromatic carbocycles. The third kappa shape index (κ3) is 4.01. The van der Waals surface area contributed by atoms with Crippen LogP contribution in [0.1, 0.15) is 57.2 Å². The standard InChI is InChI=1S/C34H31N2O/c1-23-14-17-29-22-25(16-19-30(29)35(23)3)15-18-26-20-21-36-32(24(26)2)34(37)31(27-10-6-4-7-11-27)33(36)28-12-8-5-9-13-28/h4-13,15-16,18-23H,14,17H2,1-3H3/q+1. The Balaban J connectivity index is 1.40. The number of benzene rings is 3. The van der Waals surface area contributed by atoms with Crippen LogP contribution in [0.15, 0.2) is 91.1 Å². The maximum Gasteiger partial charge on any atom is 0.264 e. The normalized spacial score (nSPS) is 16.9. The lowest BCUT2D eigenvalue weighted by Crippen LogP contribution is -2.35. The molecule has 1 aromatic heterocycles. The van der Waals surface area contributed by atoms with Crippen molar-refractivity contribution < 1.29 is 9.36 Å². The molecule has 0 bridgehead atoms. The van der Waals surface area contributed by atoms with Gasteiger partial charge in [0.2, 0.25) is 5.70 Å². The van der Waals surface area contributed by atoms with Crippen molar-refractivity contribution >= 4 is 34.9 Å². The summed E-state index contributed by atoms with van der Waals surface area (Å²) in [5, 5.41) is 0. The number of pyridine rings is 1. The van der Waals surface area contributed by atoms with Crippen molar-refractivity contribution in [2.45, 2.75) is 32.7 Å². The summed E-state index contributed by atoms with van der Waals surface area (Å²) in [6.45, 7) is 4.34. The maximum absolute atomic E-state index is 13.9. The molecule has 0 N–H and O–H groups in total. The zero-order valence-corrected chi connectivity index (χ0v) is 21.6. The molecule has 1 atom stereocenters. The molecule has 3 heterocycles. The van der Waals surface area contributed by atoms with Gasteiger partial charge in [-0.25, -0.2) is 0 Å². The number of aryl methyl sites for hydroxylation is 1. The monoisotopic (exact) mass is 483 g/mol. The van der Waals surface area contributed by atoms with Crippen molar-refractivity contribution in [1.82, 2.24) is 0 Å². The van der Waals surface area contributed by atoms with E-state index in [1.807, 2.05) is 54.7 Å². The molecule has 0 fully saturated rings. The highest BCUT2D eigenvalue weighted by Gasteiger charge is 2.41. The minimum atomic E-state index is 0.0729. The SMILES string of the molecule is Cc1c(C=Cc2ccc3c(c2)CCC(C)N3C)cc[n+]2c1C(=O)C(c1ccccc1)=C2c1ccccc1. The van der Waals surface area contributed by atoms with E-state index in [0.717, 1.165) is 45.6 Å². The van der Waals surface area contributed by atoms with Gasteiger partial charge in [-0.2, -0.15) is 4.57 Å². The molecule has 0 saturated heterocycles. The summed E-state index contributed by atoms with van der Waals surface area (Å²) in [5.74, 6) is 0.0729. The van der Waals surface area contributed by atoms with Crippen molar-refractivity contribution in [1.29, 1.82) is 0 Å². The first-order valence-electron chi connectivity index (χ1n) is 13.0. The molecule has 0 amide bonds. The second-order valence-corrected chi connectivity index (χ2v) is 10.1. The Labute approximate surface area is 219 Å². The number of carbonyl (C=O) groups excluding carboxylic acids is 1. The van der Waals surface area contributed by atoms with Crippen LogP contribution in [0.25, 0.3) is 23.4 Å². The third-order valence-corrected chi connectivity index (χ3v) is 7.89. The van der Waals surface area contributed by atoms with E-state index >= 15 is 0 Å². The quantitative estimate of drug-likeness (QED) is 0.297. The van der Waals surface area contributed by atoms with Crippen molar-refractivity contribution in [3.8, 4) is 0 Å². The van der Waals surface area contributed by atoms with Crippen molar-refractivity contribution in [2.24, 2.45) is 0 Å². The number of aromatic nitrogens is 1. The number of ketones is 1. The zero-order chi connectivity index (χ0) is 25.5. The van der Waals surface area contributed by atoms with Crippen molar-refractivity contribution in [3.05, 3.63) is 130 Å². The van der Waals surface area contributed by atoms with Crippen LogP contribution in [0.3, 0.4) is 0 Å². The molecule has 37 heavy (non-hydrogen) atoms. The second-order valence-electron chi connectivity index (χ2n) is 10.1. The highest BCUT2D eigenvalue weighted by Crippen LogP contribution is 2.34. The van der Waals surface area contributed by atoms with E-state index in [0.29, 0.717) is 6.04 Å². The molecule has 4 aromatic rings. The summed E-state index contributed by atoms with van der Waals surface area (Å²) in [7, 11) is 2.18. The van der Waals surface area contributed by atoms with Crippen molar-refractivity contribution in [3.63, 3.8) is 0 Å². The van der Waals surface area contributed by atoms with Crippen LogP contribution in [0.5, 0.6) is 0 Å². The van der Waals surface area contributed by atoms with Gasteiger partial charge in [-0.1, -0.05) is 66.7 Å². The smallest absolute Gasteiger partial charge is 0.264 e. The lowest BCUT2D eigenvalue weighted by Gasteiger charge is -2.34. The van der Waals surface area contributed by atoms with Gasteiger partial charge in [0.1, 0.15) is 5.57 Å². The van der Waals surface area contributed by atoms with Gasteiger partial charge in [-0.15, -0.1) is 0 Å². The number of nitrogens with zero attached hydrogens (tertiary/aromatic N) is 2. The van der Waals surface area contributed by atoms with Gasteiger partial charge in [0, 0.05) is 36.0 Å². The molecule has 3 heteroatoms. The van der Waals surface area contributed by atoms with Gasteiger partial charge < -0.3 is 4.90 Å². The summed E-state index contributed by atoms with van der Waals surface area (Å²) < 4.78 is 2.07. The number of carbonyl (C=O) groups is 1. The Hall–Kier alpha value is -4.24. The molecule has 3 nitrogen and oxygen atoms in total. The molecule has 0 spiro atoms. The molecule has 6 rings (SSSR count). The number of fused-ring (bicyclic) bond motifs is 2. The van der Waals surface area contributed by atoms with E-state index in [1.54, 1.807) is 0 Å². The van der Waals surface area contributed by atoms with E-state index in [-0.39, 0.29) is 5.78 Å². The fraction of sp³-hybridized carbons (Fsp3) is 0.176. The summed E-state index contributed by atoms with van der Waals surface area (Å²) in [6.07, 6.45) is 8.65. The van der Waals surface area contributed by atoms with Crippen LogP contribution in [0.2, 0.25) is 0 Å². The van der Waals surface area contributed by atoms with Gasteiger partial charge in [-0.3, -0.25) is 4.79 Å². The molecule has 0 radical (unpaired) electrons. The van der Waals surface area contributed by atoms with Gasteiger partial charge in [0.15, 0.2) is 6.20 Å². The Morgan fingerprint density at radius 3 is 2.32 bits per heavy atom. The largest absolute Gasteiger partial charge is 0.372 e. The average Bonchev–Trinajstić information content (AvgIpc) is 3.24. The first-order chi connectivity index (χ1) is 18.0. The van der Waals surface area contributed by atoms with E-state index in [9.17, 15) is 4.79 Å². The predicted octanol–water partition coefficient (Wildman–Crippen LogP) is 6.84. The van der Waals surface area contributed by atoms with Crippen LogP contribution >= 0.6 is 0 Å². The van der Waals surface area contributed by atoms with Crippen LogP contribution < -0.4 is 9.47 Å². The molecule has 2 aliphatic heterocycles. The third-order valence-electron chi connectivity index (χ3n) is 7.89. The average molecular weight is 484 g/mol. The molecule has 1 unspecified atom stereocenters. The predicted molar refractivity (Wildman–Crippen MR) is 152 cm³/mol. The lowest BCUT2D eigenvalue weighted by molar-refractivity contribution is -0.578. The molecular formula is C34H31N2O+. The van der Waals surface area contributed by atoms with E-state index < -0.39 is 0 Å². The Bertz CT molecular complexity index is 1560. The highest BCUT2D eigenvalue weighted by atomic mass is 16.1.